The number of carbonyl (C=O) groups excluding carboxylic acids is 2. The Morgan fingerprint density at radius 1 is 1.37 bits per heavy atom. The van der Waals surface area contributed by atoms with Crippen LogP contribution >= 0.6 is 31.9 Å². The predicted octanol–water partition coefficient (Wildman–Crippen LogP) is 2.90. The fourth-order valence-electron chi connectivity index (χ4n) is 1.52. The van der Waals surface area contributed by atoms with Crippen LogP contribution in [0.15, 0.2) is 22.7 Å². The van der Waals surface area contributed by atoms with Crippen molar-refractivity contribution in [3.05, 3.63) is 28.2 Å². The highest BCUT2D eigenvalue weighted by Crippen LogP contribution is 2.26. The highest BCUT2D eigenvalue weighted by Gasteiger charge is 2.25. The summed E-state index contributed by atoms with van der Waals surface area (Å²) in [6.07, 6.45) is 0.347. The standard InChI is InChI=1S/C13H14Br2O4/c1-3-19-13(17)12(16)10(15)7-8-6-9(14)4-5-11(8)18-2/h4-6,10H,3,7H2,1-2H3. The number of rotatable bonds is 6. The second-order valence-corrected chi connectivity index (χ2v) is 5.73. The molecule has 1 rings (SSSR count). The van der Waals surface area contributed by atoms with Crippen LogP contribution in [0.4, 0.5) is 0 Å². The lowest BCUT2D eigenvalue weighted by atomic mass is 10.1. The minimum absolute atomic E-state index is 0.185. The van der Waals surface area contributed by atoms with E-state index in [1.807, 2.05) is 12.1 Å². The third kappa shape index (κ3) is 4.62. The maximum Gasteiger partial charge on any atom is 0.375 e. The Balaban J connectivity index is 2.81. The molecule has 0 fully saturated rings. The molecule has 104 valence electrons. The molecule has 1 aromatic carbocycles. The number of hydrogen-bond donors (Lipinski definition) is 0. The lowest BCUT2D eigenvalue weighted by molar-refractivity contribution is -0.153. The summed E-state index contributed by atoms with van der Waals surface area (Å²) in [7, 11) is 1.56. The average molecular weight is 394 g/mol. The predicted molar refractivity (Wildman–Crippen MR) is 78.8 cm³/mol. The molecule has 0 amide bonds. The zero-order chi connectivity index (χ0) is 14.4. The van der Waals surface area contributed by atoms with E-state index in [2.05, 4.69) is 36.6 Å². The molecule has 19 heavy (non-hydrogen) atoms. The maximum absolute atomic E-state index is 11.7. The van der Waals surface area contributed by atoms with Crippen LogP contribution in [0, 0.1) is 0 Å². The van der Waals surface area contributed by atoms with Gasteiger partial charge in [0.2, 0.25) is 0 Å². The minimum Gasteiger partial charge on any atom is -0.496 e. The molecular formula is C13H14Br2O4. The van der Waals surface area contributed by atoms with Gasteiger partial charge in [-0.05, 0) is 37.1 Å². The number of methoxy groups -OCH3 is 1. The van der Waals surface area contributed by atoms with Gasteiger partial charge in [-0.25, -0.2) is 4.79 Å². The zero-order valence-corrected chi connectivity index (χ0v) is 13.8. The Bertz CT molecular complexity index is 474. The Labute approximate surface area is 128 Å². The third-order valence-electron chi connectivity index (χ3n) is 2.40. The largest absolute Gasteiger partial charge is 0.496 e. The van der Waals surface area contributed by atoms with Crippen LogP contribution < -0.4 is 4.74 Å². The highest BCUT2D eigenvalue weighted by molar-refractivity contribution is 9.10. The first-order valence-corrected chi connectivity index (χ1v) is 7.37. The maximum atomic E-state index is 11.7. The van der Waals surface area contributed by atoms with E-state index in [4.69, 9.17) is 4.74 Å². The Kier molecular flexibility index (Phi) is 6.51. The highest BCUT2D eigenvalue weighted by atomic mass is 79.9. The van der Waals surface area contributed by atoms with Crippen LogP contribution in [0.5, 0.6) is 5.75 Å². The van der Waals surface area contributed by atoms with Crippen molar-refractivity contribution in [2.24, 2.45) is 0 Å². The van der Waals surface area contributed by atoms with E-state index in [9.17, 15) is 9.59 Å². The Hall–Kier alpha value is -0.880. The summed E-state index contributed by atoms with van der Waals surface area (Å²) in [5, 5.41) is 0. The molecule has 0 saturated carbocycles. The number of carbonyl (C=O) groups is 2. The van der Waals surface area contributed by atoms with Crippen molar-refractivity contribution in [3.8, 4) is 5.75 Å². The van der Waals surface area contributed by atoms with E-state index in [-0.39, 0.29) is 6.61 Å². The molecule has 6 heteroatoms. The molecule has 0 radical (unpaired) electrons. The Morgan fingerprint density at radius 3 is 2.63 bits per heavy atom. The molecule has 1 atom stereocenters. The van der Waals surface area contributed by atoms with Gasteiger partial charge in [-0.1, -0.05) is 31.9 Å². The summed E-state index contributed by atoms with van der Waals surface area (Å²) in [5.41, 5.74) is 0.830. The van der Waals surface area contributed by atoms with E-state index >= 15 is 0 Å². The lowest BCUT2D eigenvalue weighted by Crippen LogP contribution is -2.27. The number of Topliss-reactive ketones (excluding diaryl/α,β-unsaturated/α-hetero) is 1. The van der Waals surface area contributed by atoms with Crippen molar-refractivity contribution in [1.29, 1.82) is 0 Å². The van der Waals surface area contributed by atoms with Gasteiger partial charge in [0.25, 0.3) is 5.78 Å². The molecule has 0 saturated heterocycles. The van der Waals surface area contributed by atoms with Crippen molar-refractivity contribution in [1.82, 2.24) is 0 Å². The zero-order valence-electron chi connectivity index (χ0n) is 10.6. The molecule has 0 N–H and O–H groups in total. The van der Waals surface area contributed by atoms with E-state index < -0.39 is 16.6 Å². The second kappa shape index (κ2) is 7.65. The molecular weight excluding hydrogens is 380 g/mol. The van der Waals surface area contributed by atoms with Crippen molar-refractivity contribution in [2.45, 2.75) is 18.2 Å². The lowest BCUT2D eigenvalue weighted by Gasteiger charge is -2.12. The summed E-state index contributed by atoms with van der Waals surface area (Å²) in [4.78, 5) is 22.5. The number of hydrogen-bond acceptors (Lipinski definition) is 4. The first-order valence-electron chi connectivity index (χ1n) is 5.67. The number of halogens is 2. The van der Waals surface area contributed by atoms with Gasteiger partial charge in [0.05, 0.1) is 18.5 Å². The molecule has 1 aromatic rings. The number of alkyl halides is 1. The van der Waals surface area contributed by atoms with Crippen LogP contribution in [-0.4, -0.2) is 30.3 Å². The van der Waals surface area contributed by atoms with Gasteiger partial charge in [-0.15, -0.1) is 0 Å². The second-order valence-electron chi connectivity index (χ2n) is 3.71. The van der Waals surface area contributed by atoms with Gasteiger partial charge in [0.1, 0.15) is 5.75 Å². The van der Waals surface area contributed by atoms with Crippen molar-refractivity contribution < 1.29 is 19.1 Å². The molecule has 0 aliphatic heterocycles. The normalized spacial score (nSPS) is 11.8. The SMILES string of the molecule is CCOC(=O)C(=O)C(Br)Cc1cc(Br)ccc1OC. The minimum atomic E-state index is -0.821. The topological polar surface area (TPSA) is 52.6 Å². The van der Waals surface area contributed by atoms with Crippen molar-refractivity contribution >= 4 is 43.6 Å². The number of ketones is 1. The quantitative estimate of drug-likeness (QED) is 0.423. The van der Waals surface area contributed by atoms with Crippen molar-refractivity contribution in [2.75, 3.05) is 13.7 Å². The molecule has 0 spiro atoms. The molecule has 0 aliphatic rings. The summed E-state index contributed by atoms with van der Waals surface area (Å²) < 4.78 is 10.8. The van der Waals surface area contributed by atoms with Crippen LogP contribution in [0.25, 0.3) is 0 Å². The Morgan fingerprint density at radius 2 is 2.05 bits per heavy atom. The van der Waals surface area contributed by atoms with Crippen LogP contribution in [-0.2, 0) is 20.7 Å². The van der Waals surface area contributed by atoms with Gasteiger partial charge in [-0.2, -0.15) is 0 Å². The number of ether oxygens (including phenoxy) is 2. The first-order chi connectivity index (χ1) is 8.99. The summed E-state index contributed by atoms with van der Waals surface area (Å²) >= 11 is 6.58. The molecule has 0 aromatic heterocycles. The van der Waals surface area contributed by atoms with Gasteiger partial charge in [0.15, 0.2) is 0 Å². The average Bonchev–Trinajstić information content (AvgIpc) is 2.38. The van der Waals surface area contributed by atoms with Crippen LogP contribution in [0.1, 0.15) is 12.5 Å². The van der Waals surface area contributed by atoms with Gasteiger partial charge >= 0.3 is 5.97 Å². The van der Waals surface area contributed by atoms with E-state index in [0.717, 1.165) is 10.0 Å². The molecule has 0 aliphatic carbocycles. The van der Waals surface area contributed by atoms with Crippen LogP contribution in [0.3, 0.4) is 0 Å². The van der Waals surface area contributed by atoms with Crippen molar-refractivity contribution in [3.63, 3.8) is 0 Å². The van der Waals surface area contributed by atoms with E-state index in [1.54, 1.807) is 20.1 Å². The molecule has 4 nitrogen and oxygen atoms in total. The molecule has 1 unspecified atom stereocenters. The number of esters is 1. The fraction of sp³-hybridized carbons (Fsp3) is 0.385. The monoisotopic (exact) mass is 392 g/mol. The molecule has 0 bridgehead atoms. The summed E-state index contributed by atoms with van der Waals surface area (Å²) in [6.45, 7) is 1.84. The number of benzene rings is 1. The van der Waals surface area contributed by atoms with Gasteiger partial charge in [-0.3, -0.25) is 4.79 Å². The fourth-order valence-corrected chi connectivity index (χ4v) is 2.47. The smallest absolute Gasteiger partial charge is 0.375 e. The third-order valence-corrected chi connectivity index (χ3v) is 3.64. The van der Waals surface area contributed by atoms with Gasteiger partial charge < -0.3 is 9.47 Å². The van der Waals surface area contributed by atoms with E-state index in [0.29, 0.717) is 12.2 Å². The summed E-state index contributed by atoms with van der Waals surface area (Å²) in [6, 6.07) is 5.50. The van der Waals surface area contributed by atoms with E-state index in [1.165, 1.54) is 0 Å². The van der Waals surface area contributed by atoms with Crippen LogP contribution in [0.2, 0.25) is 0 Å². The first kappa shape index (κ1) is 16.2. The van der Waals surface area contributed by atoms with Gasteiger partial charge in [0, 0.05) is 4.47 Å². The molecule has 0 heterocycles. The summed E-state index contributed by atoms with van der Waals surface area (Å²) in [5.74, 6) is -0.744.